The van der Waals surface area contributed by atoms with Gasteiger partial charge in [0, 0.05) is 12.1 Å². The molecule has 3 rings (SSSR count). The maximum absolute atomic E-state index is 4.11. The van der Waals surface area contributed by atoms with Crippen molar-refractivity contribution in [1.29, 1.82) is 0 Å². The Morgan fingerprint density at radius 2 is 1.74 bits per heavy atom. The lowest BCUT2D eigenvalue weighted by Crippen LogP contribution is -2.48. The molecule has 3 aliphatic carbocycles. The van der Waals surface area contributed by atoms with Crippen molar-refractivity contribution in [1.82, 2.24) is 5.32 Å². The van der Waals surface area contributed by atoms with Crippen LogP contribution in [-0.4, -0.2) is 12.1 Å². The van der Waals surface area contributed by atoms with E-state index in [0.717, 1.165) is 23.9 Å². The van der Waals surface area contributed by atoms with Gasteiger partial charge in [0.25, 0.3) is 0 Å². The Hall–Kier alpha value is -0.0400. The maximum atomic E-state index is 4.11. The highest BCUT2D eigenvalue weighted by Crippen LogP contribution is 2.65. The van der Waals surface area contributed by atoms with Crippen LogP contribution in [0.15, 0.2) is 0 Å². The zero-order valence-corrected chi connectivity index (χ0v) is 13.5. The second-order valence-corrected chi connectivity index (χ2v) is 8.64. The van der Waals surface area contributed by atoms with E-state index >= 15 is 0 Å². The summed E-state index contributed by atoms with van der Waals surface area (Å²) in [5, 5.41) is 4.11. The van der Waals surface area contributed by atoms with Crippen molar-refractivity contribution in [2.24, 2.45) is 22.7 Å². The molecule has 0 aromatic heterocycles. The smallest absolute Gasteiger partial charge is 0.0131 e. The number of hydrogen-bond donors (Lipinski definition) is 1. The molecule has 0 saturated heterocycles. The quantitative estimate of drug-likeness (QED) is 0.708. The third-order valence-corrected chi connectivity index (χ3v) is 7.49. The monoisotopic (exact) mass is 263 g/mol. The lowest BCUT2D eigenvalue weighted by molar-refractivity contribution is 0.113. The van der Waals surface area contributed by atoms with E-state index in [4.69, 9.17) is 0 Å². The molecule has 0 aromatic rings. The molecular weight excluding hydrogens is 230 g/mol. The Kier molecular flexibility index (Phi) is 3.48. The predicted octanol–water partition coefficient (Wildman–Crippen LogP) is 4.76. The molecule has 3 aliphatic rings. The fourth-order valence-corrected chi connectivity index (χ4v) is 5.39. The molecule has 1 N–H and O–H groups in total. The van der Waals surface area contributed by atoms with Gasteiger partial charge in [0.15, 0.2) is 0 Å². The van der Waals surface area contributed by atoms with Crippen LogP contribution in [0.25, 0.3) is 0 Å². The molecule has 0 aliphatic heterocycles. The topological polar surface area (TPSA) is 12.0 Å². The van der Waals surface area contributed by atoms with Crippen molar-refractivity contribution in [2.75, 3.05) is 0 Å². The van der Waals surface area contributed by atoms with Crippen molar-refractivity contribution < 1.29 is 0 Å². The average molecular weight is 263 g/mol. The zero-order valence-electron chi connectivity index (χ0n) is 13.5. The maximum Gasteiger partial charge on any atom is 0.0131 e. The molecule has 0 radical (unpaired) electrons. The van der Waals surface area contributed by atoms with E-state index in [1.54, 1.807) is 0 Å². The van der Waals surface area contributed by atoms with Gasteiger partial charge in [0.05, 0.1) is 0 Å². The molecule has 3 fully saturated rings. The van der Waals surface area contributed by atoms with Gasteiger partial charge in [-0.15, -0.1) is 0 Å². The van der Waals surface area contributed by atoms with Gasteiger partial charge in [-0.2, -0.15) is 0 Å². The van der Waals surface area contributed by atoms with E-state index in [9.17, 15) is 0 Å². The van der Waals surface area contributed by atoms with Crippen LogP contribution in [-0.2, 0) is 0 Å². The van der Waals surface area contributed by atoms with Gasteiger partial charge in [0.1, 0.15) is 0 Å². The SMILES string of the molecule is CC1CCCC(NC2CC3CCC2(C)C3(C)C)CC1. The minimum atomic E-state index is 0.551. The molecule has 5 unspecified atom stereocenters. The summed E-state index contributed by atoms with van der Waals surface area (Å²) in [7, 11) is 0. The summed E-state index contributed by atoms with van der Waals surface area (Å²) in [5.74, 6) is 1.93. The minimum absolute atomic E-state index is 0.551. The van der Waals surface area contributed by atoms with Gasteiger partial charge in [-0.1, -0.05) is 40.5 Å². The van der Waals surface area contributed by atoms with Crippen LogP contribution in [0, 0.1) is 22.7 Å². The van der Waals surface area contributed by atoms with E-state index in [1.165, 1.54) is 51.4 Å². The van der Waals surface area contributed by atoms with Crippen molar-refractivity contribution >= 4 is 0 Å². The molecule has 3 saturated carbocycles. The summed E-state index contributed by atoms with van der Waals surface area (Å²) < 4.78 is 0. The molecule has 0 spiro atoms. The third kappa shape index (κ3) is 2.17. The molecular formula is C18H33N. The van der Waals surface area contributed by atoms with Crippen LogP contribution < -0.4 is 5.32 Å². The average Bonchev–Trinajstić information content (AvgIpc) is 2.59. The number of hydrogen-bond acceptors (Lipinski definition) is 1. The Balaban J connectivity index is 1.65. The number of rotatable bonds is 2. The lowest BCUT2D eigenvalue weighted by Gasteiger charge is -2.41. The van der Waals surface area contributed by atoms with Crippen molar-refractivity contribution in [3.05, 3.63) is 0 Å². The summed E-state index contributed by atoms with van der Waals surface area (Å²) in [4.78, 5) is 0. The van der Waals surface area contributed by atoms with E-state index in [1.807, 2.05) is 0 Å². The lowest BCUT2D eigenvalue weighted by atomic mass is 9.69. The third-order valence-electron chi connectivity index (χ3n) is 7.49. The fourth-order valence-electron chi connectivity index (χ4n) is 5.39. The molecule has 1 heteroatoms. The van der Waals surface area contributed by atoms with Crippen LogP contribution >= 0.6 is 0 Å². The number of nitrogens with one attached hydrogen (secondary N) is 1. The summed E-state index contributed by atoms with van der Waals surface area (Å²) in [5.41, 5.74) is 1.11. The first-order valence-corrected chi connectivity index (χ1v) is 8.69. The van der Waals surface area contributed by atoms with Crippen LogP contribution in [0.1, 0.15) is 79.1 Å². The molecule has 1 nitrogen and oxygen atoms in total. The normalized spacial score (nSPS) is 49.3. The second kappa shape index (κ2) is 4.76. The van der Waals surface area contributed by atoms with E-state index < -0.39 is 0 Å². The van der Waals surface area contributed by atoms with Crippen LogP contribution in [0.4, 0.5) is 0 Å². The number of fused-ring (bicyclic) bond motifs is 2. The molecule has 19 heavy (non-hydrogen) atoms. The summed E-state index contributed by atoms with van der Waals surface area (Å²) in [6.07, 6.45) is 11.5. The summed E-state index contributed by atoms with van der Waals surface area (Å²) in [6.45, 7) is 10.1. The van der Waals surface area contributed by atoms with E-state index in [2.05, 4.69) is 33.0 Å². The summed E-state index contributed by atoms with van der Waals surface area (Å²) in [6, 6.07) is 1.60. The fraction of sp³-hybridized carbons (Fsp3) is 1.00. The highest BCUT2D eigenvalue weighted by atomic mass is 15.0. The first kappa shape index (κ1) is 13.9. The highest BCUT2D eigenvalue weighted by molar-refractivity contribution is 5.13. The van der Waals surface area contributed by atoms with Gasteiger partial charge >= 0.3 is 0 Å². The van der Waals surface area contributed by atoms with Crippen LogP contribution in [0.5, 0.6) is 0 Å². The molecule has 0 amide bonds. The van der Waals surface area contributed by atoms with Gasteiger partial charge in [-0.05, 0) is 61.2 Å². The largest absolute Gasteiger partial charge is 0.311 e. The Bertz CT molecular complexity index is 335. The predicted molar refractivity (Wildman–Crippen MR) is 82.2 cm³/mol. The Morgan fingerprint density at radius 3 is 2.37 bits per heavy atom. The van der Waals surface area contributed by atoms with Gasteiger partial charge in [-0.25, -0.2) is 0 Å². The summed E-state index contributed by atoms with van der Waals surface area (Å²) >= 11 is 0. The van der Waals surface area contributed by atoms with Crippen molar-refractivity contribution in [3.63, 3.8) is 0 Å². The molecule has 0 aromatic carbocycles. The molecule has 110 valence electrons. The Labute approximate surface area is 119 Å². The first-order valence-electron chi connectivity index (χ1n) is 8.69. The van der Waals surface area contributed by atoms with Gasteiger partial charge < -0.3 is 5.32 Å². The molecule has 2 bridgehead atoms. The van der Waals surface area contributed by atoms with E-state index in [-0.39, 0.29) is 0 Å². The first-order chi connectivity index (χ1) is 8.93. The van der Waals surface area contributed by atoms with Crippen molar-refractivity contribution in [3.8, 4) is 0 Å². The van der Waals surface area contributed by atoms with Crippen LogP contribution in [0.3, 0.4) is 0 Å². The standard InChI is InChI=1S/C18H33N/c1-13-6-5-7-15(9-8-13)19-16-12-14-10-11-18(16,4)17(14,2)3/h13-16,19H,5-12H2,1-4H3. The van der Waals surface area contributed by atoms with Gasteiger partial charge in [0.2, 0.25) is 0 Å². The van der Waals surface area contributed by atoms with Gasteiger partial charge in [-0.3, -0.25) is 0 Å². The molecule has 5 atom stereocenters. The molecule has 0 heterocycles. The second-order valence-electron chi connectivity index (χ2n) is 8.64. The van der Waals surface area contributed by atoms with Crippen molar-refractivity contribution in [2.45, 2.75) is 91.1 Å². The Morgan fingerprint density at radius 1 is 0.947 bits per heavy atom. The van der Waals surface area contributed by atoms with Crippen LogP contribution in [0.2, 0.25) is 0 Å². The van der Waals surface area contributed by atoms with E-state index in [0.29, 0.717) is 10.8 Å². The zero-order chi connectivity index (χ0) is 13.7. The minimum Gasteiger partial charge on any atom is -0.311 e. The highest BCUT2D eigenvalue weighted by Gasteiger charge is 2.61.